The molecule has 3 aromatic rings. The van der Waals surface area contributed by atoms with Crippen LogP contribution in [0.25, 0.3) is 22.6 Å². The van der Waals surface area contributed by atoms with E-state index in [2.05, 4.69) is 74.3 Å². The Hall–Kier alpha value is -3.35. The second-order valence-electron chi connectivity index (χ2n) is 10.9. The van der Waals surface area contributed by atoms with Crippen LogP contribution in [-0.2, 0) is 10.5 Å². The zero-order valence-corrected chi connectivity index (χ0v) is 29.6. The summed E-state index contributed by atoms with van der Waals surface area (Å²) in [6, 6.07) is 20.5. The molecule has 2 aromatic carbocycles. The topological polar surface area (TPSA) is 73.6 Å². The number of aromatic nitrogens is 1. The van der Waals surface area contributed by atoms with Gasteiger partial charge in [0, 0.05) is 51.4 Å². The minimum Gasteiger partial charge on any atom is -0.398 e. The molecule has 244 valence electrons. The first-order chi connectivity index (χ1) is 21.9. The lowest BCUT2D eigenvalue weighted by molar-refractivity contribution is 0.0700. The van der Waals surface area contributed by atoms with Crippen molar-refractivity contribution in [1.82, 2.24) is 5.16 Å². The van der Waals surface area contributed by atoms with Gasteiger partial charge in [-0.25, -0.2) is 0 Å². The van der Waals surface area contributed by atoms with Gasteiger partial charge in [0.05, 0.1) is 12.2 Å². The van der Waals surface area contributed by atoms with E-state index in [-0.39, 0.29) is 0 Å². The van der Waals surface area contributed by atoms with Gasteiger partial charge in [-0.05, 0) is 59.0 Å². The lowest BCUT2D eigenvalue weighted by Gasteiger charge is -2.11. The first-order valence-corrected chi connectivity index (χ1v) is 17.7. The third-order valence-electron chi connectivity index (χ3n) is 7.47. The van der Waals surface area contributed by atoms with E-state index >= 15 is 0 Å². The summed E-state index contributed by atoms with van der Waals surface area (Å²) in [5.74, 6) is 2.75. The standard InChI is InChI=1S/C22H23NO2S.C15H26N2.C2H6/c1-16-12-13-19(24-16)14-26-15-20-21(17-8-4-2-5-9-17)23-25-22(20)18-10-6-3-7-11-18;1-6-9-10-11-14(13(5)17-8-3)15(16)12(4)7-2;1-2/h2-11,16,19H,12-15H2,1H3;8,10-11H,6-7,9,16H2,1-5H3;1-2H3/b;11-10-,14-13-,15-12-,17-8?;. The summed E-state index contributed by atoms with van der Waals surface area (Å²) >= 11 is 1.90. The molecule has 45 heavy (non-hydrogen) atoms. The van der Waals surface area contributed by atoms with Crippen molar-refractivity contribution in [1.29, 1.82) is 0 Å². The van der Waals surface area contributed by atoms with E-state index in [0.29, 0.717) is 12.2 Å². The molecule has 2 atom stereocenters. The number of hydrogen-bond acceptors (Lipinski definition) is 6. The number of allylic oxidation sites excluding steroid dienone is 4. The number of hydrogen-bond donors (Lipinski definition) is 1. The minimum atomic E-state index is 0.371. The highest BCUT2D eigenvalue weighted by Crippen LogP contribution is 2.35. The van der Waals surface area contributed by atoms with Gasteiger partial charge in [-0.2, -0.15) is 11.8 Å². The Labute approximate surface area is 277 Å². The monoisotopic (exact) mass is 629 g/mol. The molecule has 0 aliphatic carbocycles. The van der Waals surface area contributed by atoms with Crippen LogP contribution < -0.4 is 5.73 Å². The molecule has 1 saturated heterocycles. The number of ether oxygens (including phenoxy) is 1. The fourth-order valence-corrected chi connectivity index (χ4v) is 5.94. The molecule has 2 N–H and O–H groups in total. The first-order valence-electron chi connectivity index (χ1n) is 16.5. The Morgan fingerprint density at radius 1 is 1.00 bits per heavy atom. The number of rotatable bonds is 12. The van der Waals surface area contributed by atoms with Crippen molar-refractivity contribution in [3.8, 4) is 22.6 Å². The minimum absolute atomic E-state index is 0.371. The van der Waals surface area contributed by atoms with Crippen molar-refractivity contribution in [2.45, 2.75) is 105 Å². The van der Waals surface area contributed by atoms with Crippen molar-refractivity contribution < 1.29 is 9.26 Å². The van der Waals surface area contributed by atoms with Gasteiger partial charge in [-0.3, -0.25) is 4.99 Å². The number of nitrogens with zero attached hydrogens (tertiary/aromatic N) is 2. The van der Waals surface area contributed by atoms with E-state index in [4.69, 9.17) is 15.0 Å². The molecule has 1 aliphatic heterocycles. The summed E-state index contributed by atoms with van der Waals surface area (Å²) < 4.78 is 11.7. The van der Waals surface area contributed by atoms with Crippen molar-refractivity contribution in [3.05, 3.63) is 101 Å². The van der Waals surface area contributed by atoms with Gasteiger partial charge in [0.1, 0.15) is 5.69 Å². The fraction of sp³-hybridized carbons (Fsp3) is 0.436. The van der Waals surface area contributed by atoms with Crippen LogP contribution in [0.1, 0.15) is 93.1 Å². The van der Waals surface area contributed by atoms with E-state index in [1.807, 2.05) is 75.9 Å². The van der Waals surface area contributed by atoms with Crippen LogP contribution in [0.3, 0.4) is 0 Å². The van der Waals surface area contributed by atoms with Crippen LogP contribution in [0.2, 0.25) is 0 Å². The quantitative estimate of drug-likeness (QED) is 0.159. The molecule has 0 bridgehead atoms. The molecule has 0 saturated carbocycles. The van der Waals surface area contributed by atoms with Gasteiger partial charge in [0.15, 0.2) is 5.76 Å². The smallest absolute Gasteiger partial charge is 0.171 e. The second kappa shape index (κ2) is 21.4. The summed E-state index contributed by atoms with van der Waals surface area (Å²) in [7, 11) is 0. The Morgan fingerprint density at radius 3 is 2.20 bits per heavy atom. The fourth-order valence-electron chi connectivity index (χ4n) is 4.84. The molecule has 1 aliphatic rings. The van der Waals surface area contributed by atoms with Crippen LogP contribution in [-0.4, -0.2) is 29.3 Å². The highest BCUT2D eigenvalue weighted by atomic mass is 32.2. The normalized spacial score (nSPS) is 17.3. The summed E-state index contributed by atoms with van der Waals surface area (Å²) in [4.78, 5) is 4.33. The Bertz CT molecular complexity index is 1320. The number of unbranched alkanes of at least 4 members (excludes halogenated alkanes) is 1. The molecule has 0 amide bonds. The Kier molecular flexibility index (Phi) is 18.0. The van der Waals surface area contributed by atoms with Gasteiger partial charge >= 0.3 is 0 Å². The van der Waals surface area contributed by atoms with Crippen molar-refractivity contribution in [2.24, 2.45) is 10.7 Å². The van der Waals surface area contributed by atoms with Gasteiger partial charge in [-0.1, -0.05) is 112 Å². The maximum Gasteiger partial charge on any atom is 0.171 e. The molecule has 6 heteroatoms. The molecule has 1 aromatic heterocycles. The van der Waals surface area contributed by atoms with Crippen LogP contribution in [0, 0.1) is 0 Å². The summed E-state index contributed by atoms with van der Waals surface area (Å²) in [6.07, 6.45) is 12.4. The zero-order valence-electron chi connectivity index (χ0n) is 28.8. The molecule has 0 spiro atoms. The predicted octanol–water partition coefficient (Wildman–Crippen LogP) is 11.2. The summed E-state index contributed by atoms with van der Waals surface area (Å²) in [6.45, 7) is 16.4. The van der Waals surface area contributed by atoms with Crippen LogP contribution in [0.5, 0.6) is 0 Å². The van der Waals surface area contributed by atoms with Crippen molar-refractivity contribution in [3.63, 3.8) is 0 Å². The molecule has 1 fully saturated rings. The van der Waals surface area contributed by atoms with Gasteiger partial charge in [-0.15, -0.1) is 0 Å². The third kappa shape index (κ3) is 12.2. The molecular weight excluding hydrogens is 575 g/mol. The molecule has 2 unspecified atom stereocenters. The van der Waals surface area contributed by atoms with E-state index in [9.17, 15) is 0 Å². The van der Waals surface area contributed by atoms with Gasteiger partial charge in [0.25, 0.3) is 0 Å². The Balaban J connectivity index is 0.000000325. The molecule has 5 nitrogen and oxygen atoms in total. The highest BCUT2D eigenvalue weighted by Gasteiger charge is 2.23. The lowest BCUT2D eigenvalue weighted by atomic mass is 10.0. The first kappa shape index (κ1) is 37.8. The third-order valence-corrected chi connectivity index (χ3v) is 8.57. The molecule has 2 heterocycles. The van der Waals surface area contributed by atoms with E-state index in [1.54, 1.807) is 6.21 Å². The summed E-state index contributed by atoms with van der Waals surface area (Å²) in [5.41, 5.74) is 14.6. The second-order valence-corrected chi connectivity index (χ2v) is 11.9. The SMILES string of the molecule is CC.CC1CCC(CSCc2c(-c3ccccc3)noc2-c2ccccc2)O1.CC=N/C(C)=C(/C=C\CCC)C(\N)=C(/C)CC. The average Bonchev–Trinajstić information content (AvgIpc) is 3.70. The largest absolute Gasteiger partial charge is 0.398 e. The number of benzene rings is 2. The maximum atomic E-state index is 6.18. The van der Waals surface area contributed by atoms with Crippen molar-refractivity contribution >= 4 is 18.0 Å². The number of thioether (sulfide) groups is 1. The maximum absolute atomic E-state index is 6.18. The summed E-state index contributed by atoms with van der Waals surface area (Å²) in [5, 5.41) is 4.41. The van der Waals surface area contributed by atoms with Crippen molar-refractivity contribution in [2.75, 3.05) is 5.75 Å². The predicted molar refractivity (Wildman–Crippen MR) is 197 cm³/mol. The van der Waals surface area contributed by atoms with Crippen LogP contribution in [0.4, 0.5) is 0 Å². The number of aliphatic imine (C=N–C) groups is 1. The molecule has 4 rings (SSSR count). The van der Waals surface area contributed by atoms with E-state index < -0.39 is 0 Å². The van der Waals surface area contributed by atoms with Crippen LogP contribution in [0.15, 0.2) is 105 Å². The number of nitrogens with two attached hydrogens (primary N) is 1. The zero-order chi connectivity index (χ0) is 33.0. The van der Waals surface area contributed by atoms with Crippen LogP contribution >= 0.6 is 11.8 Å². The van der Waals surface area contributed by atoms with E-state index in [1.165, 1.54) is 17.6 Å². The highest BCUT2D eigenvalue weighted by molar-refractivity contribution is 7.98. The molecular formula is C39H55N3O2S. The van der Waals surface area contributed by atoms with E-state index in [0.717, 1.165) is 76.7 Å². The Morgan fingerprint density at radius 2 is 1.64 bits per heavy atom. The average molecular weight is 630 g/mol. The lowest BCUT2D eigenvalue weighted by Crippen LogP contribution is -2.11. The van der Waals surface area contributed by atoms with Gasteiger partial charge in [0.2, 0.25) is 0 Å². The molecule has 0 radical (unpaired) electrons. The van der Waals surface area contributed by atoms with Gasteiger partial charge < -0.3 is 15.0 Å².